The number of rotatable bonds is 10. The van der Waals surface area contributed by atoms with Crippen molar-refractivity contribution in [1.82, 2.24) is 39.5 Å². The van der Waals surface area contributed by atoms with Crippen LogP contribution >= 0.6 is 0 Å². The van der Waals surface area contributed by atoms with E-state index in [-0.39, 0.29) is 59.4 Å². The van der Waals surface area contributed by atoms with E-state index in [4.69, 9.17) is 9.97 Å². The summed E-state index contributed by atoms with van der Waals surface area (Å²) in [6.07, 6.45) is 15.7. The van der Waals surface area contributed by atoms with Gasteiger partial charge < -0.3 is 34.4 Å². The first-order valence-electron chi connectivity index (χ1n) is 26.5. The molecule has 12 rings (SSSR count). The smallest absolute Gasteiger partial charge is 0.238 e. The van der Waals surface area contributed by atoms with Gasteiger partial charge in [-0.25, -0.2) is 15.0 Å². The van der Waals surface area contributed by atoms with Crippen molar-refractivity contribution in [2.24, 2.45) is 11.8 Å². The summed E-state index contributed by atoms with van der Waals surface area (Å²) in [4.78, 5) is 93.1. The Labute approximate surface area is 409 Å². The molecular formula is C54H67N11O5. The summed E-state index contributed by atoms with van der Waals surface area (Å²) < 4.78 is 2.19. The molecule has 5 saturated heterocycles. The zero-order valence-electron chi connectivity index (χ0n) is 40.8. The van der Waals surface area contributed by atoms with Crippen molar-refractivity contribution in [2.45, 2.75) is 139 Å². The minimum absolute atomic E-state index is 0.102. The monoisotopic (exact) mass is 950 g/mol. The van der Waals surface area contributed by atoms with Gasteiger partial charge in [-0.3, -0.25) is 29.3 Å². The maximum Gasteiger partial charge on any atom is 0.238 e. The topological polar surface area (TPSA) is 169 Å². The lowest BCUT2D eigenvalue weighted by Gasteiger charge is -2.48. The number of pyridine rings is 2. The molecule has 1 spiro atoms. The number of nitrogens with zero attached hydrogens (tertiary/aromatic N) is 9. The van der Waals surface area contributed by atoms with Gasteiger partial charge in [-0.05, 0) is 133 Å². The van der Waals surface area contributed by atoms with E-state index in [0.717, 1.165) is 89.5 Å². The summed E-state index contributed by atoms with van der Waals surface area (Å²) >= 11 is 0. The number of amides is 5. The van der Waals surface area contributed by atoms with Crippen molar-refractivity contribution in [2.75, 3.05) is 67.5 Å². The fraction of sp³-hybridized carbons (Fsp3) is 0.593. The first-order chi connectivity index (χ1) is 34.0. The molecule has 2 aliphatic carbocycles. The Bertz CT molecular complexity index is 2700. The van der Waals surface area contributed by atoms with Crippen LogP contribution in [0.4, 0.5) is 17.3 Å². The Morgan fingerprint density at radius 3 is 2.26 bits per heavy atom. The fourth-order valence-electron chi connectivity index (χ4n) is 13.0. The Hall–Kier alpha value is -5.90. The lowest BCUT2D eigenvalue weighted by molar-refractivity contribution is -0.140. The molecule has 2 atom stereocenters. The Morgan fingerprint density at radius 1 is 0.786 bits per heavy atom. The Morgan fingerprint density at radius 2 is 1.54 bits per heavy atom. The highest BCUT2D eigenvalue weighted by molar-refractivity contribution is 6.09. The third-order valence-corrected chi connectivity index (χ3v) is 17.4. The highest BCUT2D eigenvalue weighted by Crippen LogP contribution is 2.52. The largest absolute Gasteiger partial charge is 0.366 e. The van der Waals surface area contributed by atoms with Crippen LogP contribution < -0.4 is 20.4 Å². The molecule has 5 amide bonds. The summed E-state index contributed by atoms with van der Waals surface area (Å²) in [6, 6.07) is 13.8. The van der Waals surface area contributed by atoms with Crippen LogP contribution in [0.1, 0.15) is 127 Å². The predicted molar refractivity (Wildman–Crippen MR) is 266 cm³/mol. The molecule has 16 heteroatoms. The number of aromatic nitrogens is 4. The van der Waals surface area contributed by atoms with Crippen molar-refractivity contribution in [3.63, 3.8) is 0 Å². The van der Waals surface area contributed by atoms with E-state index in [1.807, 2.05) is 28.3 Å². The number of imide groups is 1. The number of fused-ring (bicyclic) bond motifs is 3. The normalized spacial score (nSPS) is 26.3. The van der Waals surface area contributed by atoms with Crippen LogP contribution in [0.3, 0.4) is 0 Å². The van der Waals surface area contributed by atoms with Crippen LogP contribution in [0.15, 0.2) is 48.9 Å². The van der Waals surface area contributed by atoms with Gasteiger partial charge in [-0.2, -0.15) is 0 Å². The highest BCUT2D eigenvalue weighted by atomic mass is 16.2. The quantitative estimate of drug-likeness (QED) is 0.175. The minimum atomic E-state index is -0.690. The molecule has 2 N–H and O–H groups in total. The molecule has 368 valence electrons. The average Bonchev–Trinajstić information content (AvgIpc) is 3.75. The average molecular weight is 950 g/mol. The summed E-state index contributed by atoms with van der Waals surface area (Å²) in [5.74, 6) is 0.894. The van der Waals surface area contributed by atoms with Crippen LogP contribution in [-0.4, -0.2) is 134 Å². The van der Waals surface area contributed by atoms with Gasteiger partial charge >= 0.3 is 0 Å². The lowest BCUT2D eigenvalue weighted by atomic mass is 9.73. The van der Waals surface area contributed by atoms with E-state index >= 15 is 4.79 Å². The van der Waals surface area contributed by atoms with Gasteiger partial charge in [-0.1, -0.05) is 24.6 Å². The maximum absolute atomic E-state index is 15.2. The van der Waals surface area contributed by atoms with Gasteiger partial charge in [0, 0.05) is 93.2 Å². The second-order valence-corrected chi connectivity index (χ2v) is 22.1. The van der Waals surface area contributed by atoms with E-state index in [1.54, 1.807) is 6.20 Å². The van der Waals surface area contributed by atoms with Crippen molar-refractivity contribution < 1.29 is 24.0 Å². The number of anilines is 3. The molecule has 7 fully saturated rings. The van der Waals surface area contributed by atoms with Crippen LogP contribution in [0.25, 0.3) is 22.3 Å². The van der Waals surface area contributed by atoms with Gasteiger partial charge in [0.1, 0.15) is 11.3 Å². The second-order valence-electron chi connectivity index (χ2n) is 22.1. The number of hydrogen-bond acceptors (Lipinski definition) is 11. The molecule has 4 aromatic rings. The van der Waals surface area contributed by atoms with Crippen molar-refractivity contribution >= 4 is 57.9 Å². The summed E-state index contributed by atoms with van der Waals surface area (Å²) in [6.45, 7) is 10.1. The van der Waals surface area contributed by atoms with Gasteiger partial charge in [0.15, 0.2) is 5.82 Å². The molecule has 16 nitrogen and oxygen atoms in total. The lowest BCUT2D eigenvalue weighted by Crippen LogP contribution is -2.58. The van der Waals surface area contributed by atoms with Crippen LogP contribution in [-0.2, 0) is 29.4 Å². The summed E-state index contributed by atoms with van der Waals surface area (Å²) in [5, 5.41) is 6.13. The highest BCUT2D eigenvalue weighted by Gasteiger charge is 2.56. The number of imidazole rings is 1. The molecule has 1 unspecified atom stereocenters. The maximum atomic E-state index is 15.2. The van der Waals surface area contributed by atoms with Crippen LogP contribution in [0.2, 0.25) is 0 Å². The van der Waals surface area contributed by atoms with Crippen LogP contribution in [0.5, 0.6) is 0 Å². The molecule has 0 bridgehead atoms. The number of likely N-dealkylation sites (tertiary alicyclic amines) is 3. The van der Waals surface area contributed by atoms with Gasteiger partial charge in [0.25, 0.3) is 0 Å². The van der Waals surface area contributed by atoms with Crippen molar-refractivity contribution in [3.8, 4) is 11.3 Å². The van der Waals surface area contributed by atoms with E-state index in [2.05, 4.69) is 73.0 Å². The third-order valence-electron chi connectivity index (χ3n) is 17.4. The number of hydrogen-bond donors (Lipinski definition) is 2. The van der Waals surface area contributed by atoms with Gasteiger partial charge in [-0.15, -0.1) is 0 Å². The molecule has 6 aliphatic heterocycles. The Balaban J connectivity index is 0.712. The molecular weight excluding hydrogens is 883 g/mol. The molecule has 70 heavy (non-hydrogen) atoms. The predicted octanol–water partition coefficient (Wildman–Crippen LogP) is 6.16. The van der Waals surface area contributed by atoms with E-state index in [1.165, 1.54) is 19.3 Å². The number of benzene rings is 1. The fourth-order valence-corrected chi connectivity index (χ4v) is 13.0. The number of nitrogens with one attached hydrogen (secondary N) is 2. The van der Waals surface area contributed by atoms with E-state index in [0.29, 0.717) is 96.3 Å². The standard InChI is InChI=1S/C54H67N11O5/c1-33(2)64-32-56-44-29-43(58-49(48(44)64)57-38-8-9-38)35-6-11-42-45(26-35)65(40-27-39(28-40)60-19-4-3-5-20-60)53(70)54(42)17-24-62(25-18-54)52(69)37-16-23-63(31-37)51(68)34-14-21-61(22-15-34)46-12-7-36(30-55-46)41-10-13-47(66)59-50(41)67/h6-7,11-12,26,29-30,32-34,37-41H,3-5,8-10,13-25,27-28,31H2,1-2H3,(H,57,58)(H,59,66,67)/t37-,39-,40+,41?/m1/s1. The number of carbonyl (C=O) groups excluding carboxylic acids is 5. The van der Waals surface area contributed by atoms with Crippen molar-refractivity contribution in [3.05, 3.63) is 60.0 Å². The third kappa shape index (κ3) is 8.11. The summed E-state index contributed by atoms with van der Waals surface area (Å²) in [5.41, 5.74) is 5.98. The molecule has 9 heterocycles. The first kappa shape index (κ1) is 45.3. The first-order valence-corrected chi connectivity index (χ1v) is 26.5. The van der Waals surface area contributed by atoms with Gasteiger partial charge in [0.2, 0.25) is 29.5 Å². The number of piperidine rings is 4. The molecule has 2 saturated carbocycles. The van der Waals surface area contributed by atoms with E-state index in [9.17, 15) is 19.2 Å². The SMILES string of the molecule is CC(C)n1cnc2cc(-c3ccc4c(c3)N([C@H]3C[C@@H](N5CCCCC5)C3)C(=O)C43CCN(C(=O)[C@@H]4CCN(C(=O)C5CCN(c6ccc(C7CCC(=O)NC7=O)cn6)CC5)C4)CC3)nc(NC3CC3)c21. The molecule has 3 aromatic heterocycles. The zero-order valence-corrected chi connectivity index (χ0v) is 40.8. The molecule has 1 aromatic carbocycles. The Kier molecular flexibility index (Phi) is 11.7. The summed E-state index contributed by atoms with van der Waals surface area (Å²) in [7, 11) is 0. The number of carbonyl (C=O) groups is 5. The molecule has 8 aliphatic rings. The zero-order chi connectivity index (χ0) is 47.8. The van der Waals surface area contributed by atoms with E-state index < -0.39 is 5.41 Å². The molecule has 0 radical (unpaired) electrons. The van der Waals surface area contributed by atoms with Crippen molar-refractivity contribution in [1.29, 1.82) is 0 Å². The second kappa shape index (κ2) is 18.1. The minimum Gasteiger partial charge on any atom is -0.366 e. The van der Waals surface area contributed by atoms with Gasteiger partial charge in [0.05, 0.1) is 34.8 Å². The van der Waals surface area contributed by atoms with Crippen LogP contribution in [0, 0.1) is 11.8 Å².